The normalized spacial score (nSPS) is 13.5. The minimum atomic E-state index is -0.456. The molecule has 0 fully saturated rings. The Kier molecular flexibility index (Phi) is 5.27. The van der Waals surface area contributed by atoms with Crippen molar-refractivity contribution < 1.29 is 9.53 Å². The molecule has 1 aromatic rings. The highest BCUT2D eigenvalue weighted by Crippen LogP contribution is 2.04. The predicted molar refractivity (Wildman–Crippen MR) is 68.3 cm³/mol. The van der Waals surface area contributed by atoms with Gasteiger partial charge in [-0.3, -0.25) is 0 Å². The average Bonchev–Trinajstić information content (AvgIpc) is 2.36. The van der Waals surface area contributed by atoms with E-state index in [2.05, 4.69) is 18.8 Å². The highest BCUT2D eigenvalue weighted by Gasteiger charge is 2.12. The van der Waals surface area contributed by atoms with Gasteiger partial charge in [-0.15, -0.1) is 6.58 Å². The molecule has 3 heteroatoms. The van der Waals surface area contributed by atoms with Crippen LogP contribution in [0.25, 0.3) is 0 Å². The van der Waals surface area contributed by atoms with Crippen molar-refractivity contribution in [2.45, 2.75) is 19.6 Å². The van der Waals surface area contributed by atoms with Crippen molar-refractivity contribution in [1.82, 2.24) is 5.32 Å². The number of alkyl carbamates (subject to hydrolysis) is 1. The lowest BCUT2D eigenvalue weighted by molar-refractivity contribution is 0.136. The van der Waals surface area contributed by atoms with Gasteiger partial charge in [-0.1, -0.05) is 43.3 Å². The molecule has 17 heavy (non-hydrogen) atoms. The second-order valence-electron chi connectivity index (χ2n) is 3.91. The van der Waals surface area contributed by atoms with Gasteiger partial charge in [0.05, 0.1) is 0 Å². The zero-order valence-electron chi connectivity index (χ0n) is 10.1. The zero-order valence-corrected chi connectivity index (χ0v) is 10.1. The first-order valence-corrected chi connectivity index (χ1v) is 5.56. The van der Waals surface area contributed by atoms with Gasteiger partial charge < -0.3 is 10.1 Å². The van der Waals surface area contributed by atoms with Crippen molar-refractivity contribution in [3.63, 3.8) is 0 Å². The number of carbonyl (C=O) groups excluding carboxylic acids is 1. The third-order valence-corrected chi connectivity index (χ3v) is 2.52. The number of nitrogens with one attached hydrogen (secondary N) is 1. The van der Waals surface area contributed by atoms with Crippen LogP contribution >= 0.6 is 0 Å². The fourth-order valence-electron chi connectivity index (χ4n) is 1.21. The highest BCUT2D eigenvalue weighted by atomic mass is 16.5. The van der Waals surface area contributed by atoms with E-state index in [4.69, 9.17) is 4.74 Å². The molecule has 1 aromatic carbocycles. The molecule has 1 amide bonds. The van der Waals surface area contributed by atoms with Gasteiger partial charge in [-0.25, -0.2) is 4.79 Å². The van der Waals surface area contributed by atoms with E-state index < -0.39 is 6.09 Å². The number of rotatable bonds is 5. The Morgan fingerprint density at radius 2 is 2.12 bits per heavy atom. The van der Waals surface area contributed by atoms with Gasteiger partial charge in [0.1, 0.15) is 6.61 Å². The van der Waals surface area contributed by atoms with Gasteiger partial charge in [0.2, 0.25) is 0 Å². The Morgan fingerprint density at radius 1 is 1.47 bits per heavy atom. The van der Waals surface area contributed by atoms with Gasteiger partial charge in [-0.2, -0.15) is 0 Å². The number of carbonyl (C=O) groups is 1. The Morgan fingerprint density at radius 3 is 2.71 bits per heavy atom. The summed E-state index contributed by atoms with van der Waals surface area (Å²) in [5.41, 5.74) is 0.958. The van der Waals surface area contributed by atoms with E-state index in [9.17, 15) is 4.79 Å². The number of ether oxygens (including phenoxy) is 1. The fraction of sp³-hybridized carbons (Fsp3) is 0.286. The third-order valence-electron chi connectivity index (χ3n) is 2.52. The minimum Gasteiger partial charge on any atom is -0.445 e. The molecule has 3 nitrogen and oxygen atoms in total. The summed E-state index contributed by atoms with van der Waals surface area (Å²) in [5.74, 6) is 0.110. The van der Waals surface area contributed by atoms with E-state index in [1.54, 1.807) is 6.08 Å². The van der Waals surface area contributed by atoms with Crippen LogP contribution in [0.2, 0.25) is 0 Å². The second-order valence-corrected chi connectivity index (χ2v) is 3.91. The van der Waals surface area contributed by atoms with Gasteiger partial charge in [0, 0.05) is 6.04 Å². The molecule has 0 bridgehead atoms. The Balaban J connectivity index is 2.33. The molecular weight excluding hydrogens is 214 g/mol. The van der Waals surface area contributed by atoms with Crippen LogP contribution in [0.15, 0.2) is 43.0 Å². The maximum Gasteiger partial charge on any atom is 0.407 e. The van der Waals surface area contributed by atoms with Crippen LogP contribution in [-0.4, -0.2) is 12.1 Å². The first-order valence-electron chi connectivity index (χ1n) is 5.56. The third kappa shape index (κ3) is 4.72. The molecule has 0 aliphatic heterocycles. The number of benzene rings is 1. The largest absolute Gasteiger partial charge is 0.445 e. The van der Waals surface area contributed by atoms with Crippen LogP contribution in [0.5, 0.6) is 0 Å². The lowest BCUT2D eigenvalue weighted by Gasteiger charge is -2.17. The molecule has 0 aliphatic rings. The molecule has 91 valence electrons. The van der Waals surface area contributed by atoms with E-state index in [1.807, 2.05) is 37.3 Å². The van der Waals surface area contributed by atoms with Gasteiger partial charge in [0.25, 0.3) is 0 Å². The summed E-state index contributed by atoms with van der Waals surface area (Å²) in [5, 5.41) is 2.66. The Labute approximate surface area is 102 Å². The summed E-state index contributed by atoms with van der Waals surface area (Å²) >= 11 is 0. The maximum atomic E-state index is 11.4. The molecule has 1 rings (SSSR count). The zero-order chi connectivity index (χ0) is 12.7. The van der Waals surface area contributed by atoms with Crippen LogP contribution in [0.1, 0.15) is 12.5 Å². The first-order chi connectivity index (χ1) is 8.13. The SMILES string of the molecule is [CH2][C@H](NC(=O)OCc1ccccc1)[C@H](C)C=C. The monoisotopic (exact) mass is 232 g/mol. The molecule has 0 unspecified atom stereocenters. The molecule has 2 atom stereocenters. The van der Waals surface area contributed by atoms with E-state index in [-0.39, 0.29) is 18.6 Å². The second kappa shape index (κ2) is 6.74. The number of hydrogen-bond acceptors (Lipinski definition) is 2. The Bertz CT molecular complexity index is 362. The lowest BCUT2D eigenvalue weighted by atomic mass is 10.1. The summed E-state index contributed by atoms with van der Waals surface area (Å²) in [6.45, 7) is 9.67. The highest BCUT2D eigenvalue weighted by molar-refractivity contribution is 5.67. The van der Waals surface area contributed by atoms with Crippen molar-refractivity contribution in [3.05, 3.63) is 55.5 Å². The predicted octanol–water partition coefficient (Wildman–Crippen LogP) is 2.94. The quantitative estimate of drug-likeness (QED) is 0.793. The maximum absolute atomic E-state index is 11.4. The molecule has 0 aliphatic carbocycles. The van der Waals surface area contributed by atoms with Crippen LogP contribution < -0.4 is 5.32 Å². The van der Waals surface area contributed by atoms with E-state index >= 15 is 0 Å². The first kappa shape index (κ1) is 13.3. The molecular formula is C14H18NO2. The van der Waals surface area contributed by atoms with E-state index in [1.165, 1.54) is 0 Å². The van der Waals surface area contributed by atoms with Gasteiger partial charge >= 0.3 is 6.09 Å². The lowest BCUT2D eigenvalue weighted by Crippen LogP contribution is -2.36. The van der Waals surface area contributed by atoms with Gasteiger partial charge in [-0.05, 0) is 18.4 Å². The minimum absolute atomic E-state index is 0.110. The van der Waals surface area contributed by atoms with Crippen molar-refractivity contribution in [2.75, 3.05) is 0 Å². The molecule has 0 heterocycles. The van der Waals surface area contributed by atoms with Crippen molar-refractivity contribution in [2.24, 2.45) is 5.92 Å². The van der Waals surface area contributed by atoms with E-state index in [0.29, 0.717) is 0 Å². The molecule has 0 spiro atoms. The summed E-state index contributed by atoms with van der Waals surface area (Å²) in [7, 11) is 0. The standard InChI is InChI=1S/C14H18NO2/c1-4-11(2)12(3)15-14(16)17-10-13-8-6-5-7-9-13/h4-9,11-12H,1,3,10H2,2H3,(H,15,16)/t11-,12+/m1/s1. The van der Waals surface area contributed by atoms with E-state index in [0.717, 1.165) is 5.56 Å². The fourth-order valence-corrected chi connectivity index (χ4v) is 1.21. The van der Waals surface area contributed by atoms with Crippen LogP contribution in [0, 0.1) is 12.8 Å². The summed E-state index contributed by atoms with van der Waals surface area (Å²) in [6.07, 6.45) is 1.29. The number of amides is 1. The average molecular weight is 232 g/mol. The molecule has 1 radical (unpaired) electrons. The van der Waals surface area contributed by atoms with Gasteiger partial charge in [0.15, 0.2) is 0 Å². The molecule has 1 N–H and O–H groups in total. The number of hydrogen-bond donors (Lipinski definition) is 1. The molecule has 0 saturated heterocycles. The molecule has 0 aromatic heterocycles. The van der Waals surface area contributed by atoms with Crippen molar-refractivity contribution in [3.8, 4) is 0 Å². The van der Waals surface area contributed by atoms with Crippen molar-refractivity contribution in [1.29, 1.82) is 0 Å². The van der Waals surface area contributed by atoms with Crippen LogP contribution in [-0.2, 0) is 11.3 Å². The summed E-state index contributed by atoms with van der Waals surface area (Å²) in [4.78, 5) is 11.4. The summed E-state index contributed by atoms with van der Waals surface area (Å²) in [6, 6.07) is 9.31. The van der Waals surface area contributed by atoms with Crippen LogP contribution in [0.3, 0.4) is 0 Å². The van der Waals surface area contributed by atoms with Crippen LogP contribution in [0.4, 0.5) is 4.79 Å². The topological polar surface area (TPSA) is 38.3 Å². The Hall–Kier alpha value is -1.77. The molecule has 0 saturated carbocycles. The smallest absolute Gasteiger partial charge is 0.407 e. The van der Waals surface area contributed by atoms with Crippen molar-refractivity contribution >= 4 is 6.09 Å². The summed E-state index contributed by atoms with van der Waals surface area (Å²) < 4.78 is 5.07.